The number of aliphatic hydroxyl groups is 1. The number of aliphatic hydroxyl groups excluding tert-OH is 1. The number of anilines is 1. The topological polar surface area (TPSA) is 182 Å². The minimum absolute atomic E-state index is 0.0346. The SMILES string of the molecule is CN(CC(NC(=O)c1ccc(-c2nc(C3CCC(O)C(F)C3)cnc2N)cc1F)c1cc(F)cc(Br)c1)S(=O)(=O)c1ccccc1[N+](=O)[O-]. The van der Waals surface area contributed by atoms with Gasteiger partial charge in [-0.3, -0.25) is 14.9 Å². The number of para-hydroxylation sites is 1. The van der Waals surface area contributed by atoms with Crippen LogP contribution in [0.5, 0.6) is 0 Å². The summed E-state index contributed by atoms with van der Waals surface area (Å²) in [5.41, 5.74) is 5.75. The molecular formula is C32H30BrF3N6O6S. The van der Waals surface area contributed by atoms with Crippen LogP contribution in [0.25, 0.3) is 11.3 Å². The average molecular weight is 764 g/mol. The molecule has 4 N–H and O–H groups in total. The van der Waals surface area contributed by atoms with Gasteiger partial charge in [0, 0.05) is 35.6 Å². The number of benzene rings is 3. The number of sulfonamides is 1. The summed E-state index contributed by atoms with van der Waals surface area (Å²) in [6.07, 6.45) is -0.325. The van der Waals surface area contributed by atoms with Crippen molar-refractivity contribution in [1.29, 1.82) is 0 Å². The summed E-state index contributed by atoms with van der Waals surface area (Å²) in [5, 5.41) is 23.8. The summed E-state index contributed by atoms with van der Waals surface area (Å²) < 4.78 is 72.1. The monoisotopic (exact) mass is 762 g/mol. The minimum Gasteiger partial charge on any atom is -0.390 e. The molecule has 1 aliphatic carbocycles. The van der Waals surface area contributed by atoms with E-state index in [9.17, 15) is 37.2 Å². The van der Waals surface area contributed by atoms with Crippen molar-refractivity contribution < 1.29 is 36.4 Å². The Morgan fingerprint density at radius 3 is 2.59 bits per heavy atom. The fourth-order valence-corrected chi connectivity index (χ4v) is 7.45. The average Bonchev–Trinajstić information content (AvgIpc) is 3.05. The Hall–Kier alpha value is -4.45. The number of hydrogen-bond acceptors (Lipinski definition) is 9. The Balaban J connectivity index is 1.43. The molecule has 4 atom stereocenters. The molecule has 0 saturated heterocycles. The van der Waals surface area contributed by atoms with Crippen LogP contribution in [0.3, 0.4) is 0 Å². The standard InChI is InChI=1S/C32H30BrF3N6O6S/c1-41(49(47,48)29-5-3-2-4-27(29)42(45)46)16-26(19-10-20(33)14-21(34)11-19)40-32(44)22-8-6-18(13-23(22)35)30-31(37)38-15-25(39-30)17-7-9-28(43)24(36)12-17/h2-6,8,10-11,13-15,17,24,26,28,43H,7,9,12,16H2,1H3,(H2,37,38)(H,40,44). The molecule has 1 saturated carbocycles. The summed E-state index contributed by atoms with van der Waals surface area (Å²) >= 11 is 3.17. The van der Waals surface area contributed by atoms with Crippen molar-refractivity contribution in [2.24, 2.45) is 0 Å². The zero-order chi connectivity index (χ0) is 35.6. The first-order chi connectivity index (χ1) is 23.1. The smallest absolute Gasteiger partial charge is 0.289 e. The summed E-state index contributed by atoms with van der Waals surface area (Å²) in [4.78, 5) is 32.2. The van der Waals surface area contributed by atoms with Gasteiger partial charge in [-0.05, 0) is 61.2 Å². The van der Waals surface area contributed by atoms with Crippen LogP contribution < -0.4 is 11.1 Å². The molecule has 1 heterocycles. The number of nitro groups is 1. The Kier molecular flexibility index (Phi) is 10.7. The molecule has 0 spiro atoms. The predicted octanol–water partition coefficient (Wildman–Crippen LogP) is 5.43. The van der Waals surface area contributed by atoms with Crippen molar-refractivity contribution in [3.8, 4) is 11.3 Å². The highest BCUT2D eigenvalue weighted by atomic mass is 79.9. The maximum Gasteiger partial charge on any atom is 0.289 e. The summed E-state index contributed by atoms with van der Waals surface area (Å²) in [6.45, 7) is -0.521. The van der Waals surface area contributed by atoms with Crippen LogP contribution in [-0.2, 0) is 10.0 Å². The van der Waals surface area contributed by atoms with Crippen LogP contribution >= 0.6 is 15.9 Å². The normalized spacial score (nSPS) is 18.6. The Labute approximate surface area is 287 Å². The van der Waals surface area contributed by atoms with E-state index in [-0.39, 0.29) is 45.9 Å². The van der Waals surface area contributed by atoms with Crippen LogP contribution in [-0.4, -0.2) is 64.5 Å². The van der Waals surface area contributed by atoms with E-state index in [1.165, 1.54) is 30.5 Å². The molecule has 17 heteroatoms. The van der Waals surface area contributed by atoms with Crippen LogP contribution in [0.15, 0.2) is 76.2 Å². The van der Waals surface area contributed by atoms with Crippen molar-refractivity contribution in [3.05, 3.63) is 110 Å². The molecule has 0 bridgehead atoms. The van der Waals surface area contributed by atoms with Crippen LogP contribution in [0.1, 0.15) is 52.8 Å². The van der Waals surface area contributed by atoms with Gasteiger partial charge in [0.1, 0.15) is 29.3 Å². The molecule has 258 valence electrons. The first-order valence-corrected chi connectivity index (χ1v) is 17.1. The molecular weight excluding hydrogens is 733 g/mol. The third-order valence-electron chi connectivity index (χ3n) is 8.25. The molecule has 1 aromatic heterocycles. The van der Waals surface area contributed by atoms with Crippen molar-refractivity contribution in [2.45, 2.75) is 48.4 Å². The van der Waals surface area contributed by atoms with Gasteiger partial charge in [-0.2, -0.15) is 4.31 Å². The molecule has 1 fully saturated rings. The van der Waals surface area contributed by atoms with E-state index in [1.54, 1.807) is 0 Å². The predicted molar refractivity (Wildman–Crippen MR) is 177 cm³/mol. The number of aromatic nitrogens is 2. The summed E-state index contributed by atoms with van der Waals surface area (Å²) in [5.74, 6) is -3.06. The Morgan fingerprint density at radius 1 is 1.18 bits per heavy atom. The molecule has 0 aliphatic heterocycles. The Morgan fingerprint density at radius 2 is 1.92 bits per heavy atom. The first kappa shape index (κ1) is 35.8. The lowest BCUT2D eigenvalue weighted by Gasteiger charge is -2.28. The van der Waals surface area contributed by atoms with Crippen LogP contribution in [0.4, 0.5) is 24.7 Å². The highest BCUT2D eigenvalue weighted by molar-refractivity contribution is 9.10. The second-order valence-corrected chi connectivity index (χ2v) is 14.5. The lowest BCUT2D eigenvalue weighted by atomic mass is 9.84. The lowest BCUT2D eigenvalue weighted by molar-refractivity contribution is -0.387. The van der Waals surface area contributed by atoms with Crippen molar-refractivity contribution in [3.63, 3.8) is 0 Å². The number of halogens is 4. The largest absolute Gasteiger partial charge is 0.390 e. The van der Waals surface area contributed by atoms with Gasteiger partial charge >= 0.3 is 0 Å². The summed E-state index contributed by atoms with van der Waals surface area (Å²) in [7, 11) is -3.37. The quantitative estimate of drug-likeness (QED) is 0.140. The van der Waals surface area contributed by atoms with Gasteiger partial charge in [-0.1, -0.05) is 34.1 Å². The maximum atomic E-state index is 15.6. The van der Waals surface area contributed by atoms with E-state index in [2.05, 4.69) is 31.2 Å². The number of nitrogens with zero attached hydrogens (tertiary/aromatic N) is 4. The van der Waals surface area contributed by atoms with Gasteiger partial charge in [0.2, 0.25) is 10.0 Å². The van der Waals surface area contributed by atoms with Crippen LogP contribution in [0, 0.1) is 21.7 Å². The number of amides is 1. The maximum absolute atomic E-state index is 15.6. The number of carbonyl (C=O) groups excluding carboxylic acids is 1. The van der Waals surface area contributed by atoms with Gasteiger partial charge < -0.3 is 16.2 Å². The molecule has 1 amide bonds. The number of likely N-dealkylation sites (N-methyl/N-ethyl adjacent to an activating group) is 1. The van der Waals surface area contributed by atoms with E-state index in [4.69, 9.17) is 5.73 Å². The van der Waals surface area contributed by atoms with Gasteiger partial charge in [0.15, 0.2) is 4.90 Å². The second-order valence-electron chi connectivity index (χ2n) is 11.6. The third-order valence-corrected chi connectivity index (χ3v) is 10.6. The van der Waals surface area contributed by atoms with E-state index < -0.39 is 73.5 Å². The highest BCUT2D eigenvalue weighted by Gasteiger charge is 2.33. The number of rotatable bonds is 10. The molecule has 49 heavy (non-hydrogen) atoms. The van der Waals surface area contributed by atoms with E-state index >= 15 is 4.39 Å². The molecule has 4 unspecified atom stereocenters. The molecule has 5 rings (SSSR count). The summed E-state index contributed by atoms with van der Waals surface area (Å²) in [6, 6.07) is 10.7. The molecule has 4 aromatic rings. The van der Waals surface area contributed by atoms with Gasteiger partial charge in [-0.25, -0.2) is 31.6 Å². The van der Waals surface area contributed by atoms with Crippen LogP contribution in [0.2, 0.25) is 0 Å². The van der Waals surface area contributed by atoms with Crippen molar-refractivity contribution >= 4 is 43.4 Å². The lowest BCUT2D eigenvalue weighted by Crippen LogP contribution is -2.39. The minimum atomic E-state index is -4.50. The Bertz CT molecular complexity index is 2000. The second kappa shape index (κ2) is 14.6. The number of alkyl halides is 1. The number of nitro benzene ring substituents is 1. The zero-order valence-electron chi connectivity index (χ0n) is 25.8. The van der Waals surface area contributed by atoms with E-state index in [0.717, 1.165) is 47.8 Å². The van der Waals surface area contributed by atoms with Gasteiger partial charge in [-0.15, -0.1) is 0 Å². The van der Waals surface area contributed by atoms with Gasteiger partial charge in [0.25, 0.3) is 11.6 Å². The van der Waals surface area contributed by atoms with Crippen molar-refractivity contribution in [2.75, 3.05) is 19.3 Å². The number of nitrogen functional groups attached to an aromatic ring is 1. The third kappa shape index (κ3) is 7.90. The molecule has 3 aromatic carbocycles. The molecule has 1 aliphatic rings. The fraction of sp³-hybridized carbons (Fsp3) is 0.281. The number of nitrogens with two attached hydrogens (primary N) is 1. The number of carbonyl (C=O) groups is 1. The fourth-order valence-electron chi connectivity index (χ4n) is 5.63. The van der Waals surface area contributed by atoms with Crippen molar-refractivity contribution in [1.82, 2.24) is 19.6 Å². The molecule has 0 radical (unpaired) electrons. The number of hydrogen-bond donors (Lipinski definition) is 3. The first-order valence-electron chi connectivity index (χ1n) is 14.9. The van der Waals surface area contributed by atoms with E-state index in [0.29, 0.717) is 12.1 Å². The van der Waals surface area contributed by atoms with Gasteiger partial charge in [0.05, 0.1) is 34.5 Å². The highest BCUT2D eigenvalue weighted by Crippen LogP contribution is 2.35. The number of nitrogens with one attached hydrogen (secondary N) is 1. The molecule has 12 nitrogen and oxygen atoms in total. The van der Waals surface area contributed by atoms with E-state index in [1.807, 2.05) is 0 Å². The zero-order valence-corrected chi connectivity index (χ0v) is 28.2.